The number of nitrogens with zero attached hydrogens (tertiary/aromatic N) is 2. The van der Waals surface area contributed by atoms with E-state index in [4.69, 9.17) is 0 Å². The number of sulfonamides is 1. The summed E-state index contributed by atoms with van der Waals surface area (Å²) in [7, 11) is -4.50. The van der Waals surface area contributed by atoms with Crippen molar-refractivity contribution < 1.29 is 21.6 Å². The van der Waals surface area contributed by atoms with E-state index < -0.39 is 32.7 Å². The molecule has 2 aromatic rings. The number of aromatic amines is 1. The number of aromatic nitrogens is 3. The Morgan fingerprint density at radius 3 is 2.38 bits per heavy atom. The van der Waals surface area contributed by atoms with Gasteiger partial charge in [-0.3, -0.25) is 0 Å². The van der Waals surface area contributed by atoms with E-state index in [1.54, 1.807) is 25.5 Å². The fraction of sp³-hybridized carbons (Fsp3) is 0.538. The summed E-state index contributed by atoms with van der Waals surface area (Å²) < 4.78 is 66.7. The Balaban J connectivity index is 2.44. The highest BCUT2D eigenvalue weighted by molar-refractivity contribution is 7.89. The molecule has 0 aliphatic rings. The van der Waals surface area contributed by atoms with Crippen molar-refractivity contribution in [2.24, 2.45) is 0 Å². The number of imidazole rings is 1. The summed E-state index contributed by atoms with van der Waals surface area (Å²) in [6, 6.07) is -2.43. The van der Waals surface area contributed by atoms with E-state index in [2.05, 4.69) is 15.0 Å². The fourth-order valence-electron chi connectivity index (χ4n) is 2.00. The average Bonchev–Trinajstić information content (AvgIpc) is 3.02. The summed E-state index contributed by atoms with van der Waals surface area (Å²) in [5, 5.41) is 0.617. The molecule has 2 heterocycles. The van der Waals surface area contributed by atoms with E-state index in [9.17, 15) is 21.6 Å². The van der Waals surface area contributed by atoms with Crippen molar-refractivity contribution in [2.45, 2.75) is 50.4 Å². The first-order chi connectivity index (χ1) is 10.8. The first kappa shape index (κ1) is 18.9. The van der Waals surface area contributed by atoms with Gasteiger partial charge >= 0.3 is 6.18 Å². The van der Waals surface area contributed by atoms with Gasteiger partial charge < -0.3 is 4.98 Å². The van der Waals surface area contributed by atoms with Gasteiger partial charge in [0.05, 0.1) is 12.0 Å². The number of aryl methyl sites for hydroxylation is 1. The maximum absolute atomic E-state index is 13.3. The molecule has 0 aliphatic heterocycles. The molecule has 6 nitrogen and oxygen atoms in total. The minimum atomic E-state index is -4.82. The van der Waals surface area contributed by atoms with Gasteiger partial charge in [-0.25, -0.2) is 18.4 Å². The molecule has 0 saturated heterocycles. The molecule has 0 aliphatic carbocycles. The molecule has 0 amide bonds. The molecule has 2 rings (SSSR count). The van der Waals surface area contributed by atoms with Crippen molar-refractivity contribution in [1.29, 1.82) is 0 Å². The van der Waals surface area contributed by atoms with Gasteiger partial charge in [-0.05, 0) is 6.92 Å². The maximum Gasteiger partial charge on any atom is 0.411 e. The molecule has 0 aromatic carbocycles. The molecule has 134 valence electrons. The third-order valence-electron chi connectivity index (χ3n) is 3.09. The predicted octanol–water partition coefficient (Wildman–Crippen LogP) is 3.05. The minimum Gasteiger partial charge on any atom is -0.347 e. The van der Waals surface area contributed by atoms with E-state index in [-0.39, 0.29) is 10.7 Å². The van der Waals surface area contributed by atoms with E-state index >= 15 is 0 Å². The second kappa shape index (κ2) is 6.12. The smallest absolute Gasteiger partial charge is 0.347 e. The Labute approximate surface area is 141 Å². The van der Waals surface area contributed by atoms with Crippen LogP contribution in [0.2, 0.25) is 0 Å². The first-order valence-corrected chi connectivity index (χ1v) is 9.23. The van der Waals surface area contributed by atoms with Crippen LogP contribution in [0.4, 0.5) is 13.2 Å². The summed E-state index contributed by atoms with van der Waals surface area (Å²) in [6.45, 7) is 6.72. The van der Waals surface area contributed by atoms with Crippen molar-refractivity contribution in [1.82, 2.24) is 19.7 Å². The molecule has 24 heavy (non-hydrogen) atoms. The Bertz CT molecular complexity index is 819. The highest BCUT2D eigenvalue weighted by Gasteiger charge is 2.46. The Kier molecular flexibility index (Phi) is 4.81. The summed E-state index contributed by atoms with van der Waals surface area (Å²) in [5.74, 6) is 0. The molecule has 0 fully saturated rings. The Hall–Kier alpha value is -1.46. The molecule has 0 saturated carbocycles. The van der Waals surface area contributed by atoms with Crippen LogP contribution in [0.5, 0.6) is 0 Å². The number of alkyl halides is 3. The number of hydrogen-bond donors (Lipinski definition) is 2. The van der Waals surface area contributed by atoms with Gasteiger partial charge in [0.2, 0.25) is 0 Å². The zero-order chi connectivity index (χ0) is 18.3. The van der Waals surface area contributed by atoms with Crippen LogP contribution in [0.3, 0.4) is 0 Å². The van der Waals surface area contributed by atoms with Crippen molar-refractivity contribution >= 4 is 21.4 Å². The highest BCUT2D eigenvalue weighted by Crippen LogP contribution is 2.36. The van der Waals surface area contributed by atoms with Crippen molar-refractivity contribution in [2.75, 3.05) is 0 Å². The van der Waals surface area contributed by atoms with E-state index in [0.29, 0.717) is 5.69 Å². The lowest BCUT2D eigenvalue weighted by molar-refractivity contribution is -0.153. The molecule has 2 aromatic heterocycles. The molecule has 1 atom stereocenters. The zero-order valence-electron chi connectivity index (χ0n) is 13.4. The number of hydrogen-bond acceptors (Lipinski definition) is 5. The monoisotopic (exact) mass is 382 g/mol. The third kappa shape index (κ3) is 3.95. The number of thiazole rings is 1. The lowest BCUT2D eigenvalue weighted by Crippen LogP contribution is -2.39. The maximum atomic E-state index is 13.3. The first-order valence-electron chi connectivity index (χ1n) is 6.87. The lowest BCUT2D eigenvalue weighted by atomic mass is 9.93. The summed E-state index contributed by atoms with van der Waals surface area (Å²) in [5.41, 5.74) is -0.0173. The van der Waals surface area contributed by atoms with Gasteiger partial charge in [-0.2, -0.15) is 17.9 Å². The van der Waals surface area contributed by atoms with Gasteiger partial charge in [0.25, 0.3) is 10.0 Å². The van der Waals surface area contributed by atoms with Crippen LogP contribution < -0.4 is 4.72 Å². The van der Waals surface area contributed by atoms with Crippen molar-refractivity contribution in [3.63, 3.8) is 0 Å². The number of halogens is 3. The standard InChI is InChI=1S/C13H17F3N4O2S2/c1-7-5-23-10(19-7)8(13(14,15)16)20-24(21,22)11-9(12(2,3)4)17-6-18-11/h5-6,8,20H,1-4H3,(H,17,18). The van der Waals surface area contributed by atoms with Gasteiger partial charge in [-0.1, -0.05) is 20.8 Å². The van der Waals surface area contributed by atoms with E-state index in [1.807, 2.05) is 0 Å². The van der Waals surface area contributed by atoms with Crippen LogP contribution in [-0.2, 0) is 15.4 Å². The summed E-state index contributed by atoms with van der Waals surface area (Å²) in [6.07, 6.45) is -3.68. The molecule has 0 bridgehead atoms. The molecule has 0 spiro atoms. The van der Waals surface area contributed by atoms with Crippen LogP contribution in [0.15, 0.2) is 16.7 Å². The second-order valence-corrected chi connectivity index (χ2v) is 8.77. The topological polar surface area (TPSA) is 87.7 Å². The van der Waals surface area contributed by atoms with Gasteiger partial charge in [0, 0.05) is 16.5 Å². The predicted molar refractivity (Wildman–Crippen MR) is 83.3 cm³/mol. The molecule has 1 unspecified atom stereocenters. The summed E-state index contributed by atoms with van der Waals surface area (Å²) in [4.78, 5) is 10.1. The van der Waals surface area contributed by atoms with E-state index in [1.165, 1.54) is 12.3 Å². The quantitative estimate of drug-likeness (QED) is 0.851. The Morgan fingerprint density at radius 2 is 1.92 bits per heavy atom. The lowest BCUT2D eigenvalue weighted by Gasteiger charge is -2.21. The van der Waals surface area contributed by atoms with Crippen LogP contribution in [0, 0.1) is 6.92 Å². The largest absolute Gasteiger partial charge is 0.411 e. The highest BCUT2D eigenvalue weighted by atomic mass is 32.2. The third-order valence-corrected chi connectivity index (χ3v) is 5.49. The number of rotatable bonds is 4. The minimum absolute atomic E-state index is 0.228. The number of H-pyrrole nitrogens is 1. The normalized spacial score (nSPS) is 14.8. The van der Waals surface area contributed by atoms with Crippen molar-refractivity contribution in [3.05, 3.63) is 28.1 Å². The fourth-order valence-corrected chi connectivity index (χ4v) is 4.43. The van der Waals surface area contributed by atoms with Crippen LogP contribution in [0.1, 0.15) is 43.2 Å². The van der Waals surface area contributed by atoms with Crippen molar-refractivity contribution in [3.8, 4) is 0 Å². The van der Waals surface area contributed by atoms with Gasteiger partial charge in [0.1, 0.15) is 5.01 Å². The Morgan fingerprint density at radius 1 is 1.29 bits per heavy atom. The number of nitrogens with one attached hydrogen (secondary N) is 2. The average molecular weight is 382 g/mol. The molecule has 11 heteroatoms. The van der Waals surface area contributed by atoms with E-state index in [0.717, 1.165) is 17.7 Å². The van der Waals surface area contributed by atoms with Crippen LogP contribution in [-0.4, -0.2) is 29.5 Å². The SMILES string of the molecule is Cc1csc(C(NS(=O)(=O)c2nc[nH]c2C(C)(C)C)C(F)(F)F)n1. The van der Waals surface area contributed by atoms with Crippen LogP contribution in [0.25, 0.3) is 0 Å². The summed E-state index contributed by atoms with van der Waals surface area (Å²) >= 11 is 0.746. The van der Waals surface area contributed by atoms with Gasteiger partial charge in [-0.15, -0.1) is 11.3 Å². The molecular weight excluding hydrogens is 365 g/mol. The zero-order valence-corrected chi connectivity index (χ0v) is 15.0. The molecule has 2 N–H and O–H groups in total. The molecular formula is C13H17F3N4O2S2. The van der Waals surface area contributed by atoms with Gasteiger partial charge in [0.15, 0.2) is 11.1 Å². The van der Waals surface area contributed by atoms with Crippen LogP contribution >= 0.6 is 11.3 Å². The second-order valence-electron chi connectivity index (χ2n) is 6.26. The molecule has 0 radical (unpaired) electrons.